The molecule has 2 atom stereocenters. The third-order valence-electron chi connectivity index (χ3n) is 8.93. The summed E-state index contributed by atoms with van der Waals surface area (Å²) < 4.78 is 0. The zero-order valence-electron chi connectivity index (χ0n) is 22.6. The van der Waals surface area contributed by atoms with E-state index in [4.69, 9.17) is 0 Å². The van der Waals surface area contributed by atoms with E-state index in [-0.39, 0.29) is 29.9 Å². The Labute approximate surface area is 230 Å². The summed E-state index contributed by atoms with van der Waals surface area (Å²) in [6, 6.07) is 17.8. The van der Waals surface area contributed by atoms with Crippen LogP contribution in [-0.2, 0) is 11.2 Å². The summed E-state index contributed by atoms with van der Waals surface area (Å²) in [5.74, 6) is 0.949. The van der Waals surface area contributed by atoms with E-state index in [1.807, 2.05) is 39.0 Å². The summed E-state index contributed by atoms with van der Waals surface area (Å²) in [6.45, 7) is 3.34. The minimum atomic E-state index is -0.488. The van der Waals surface area contributed by atoms with Gasteiger partial charge < -0.3 is 25.3 Å². The van der Waals surface area contributed by atoms with E-state index in [0.717, 1.165) is 50.0 Å². The Bertz CT molecular complexity index is 1190. The van der Waals surface area contributed by atoms with Gasteiger partial charge in [0, 0.05) is 50.4 Å². The van der Waals surface area contributed by atoms with Gasteiger partial charge in [0.15, 0.2) is 0 Å². The predicted molar refractivity (Wildman–Crippen MR) is 151 cm³/mol. The Morgan fingerprint density at radius 3 is 2.38 bits per heavy atom. The minimum absolute atomic E-state index is 0.0596. The first-order valence-corrected chi connectivity index (χ1v) is 14.6. The molecular formula is C31H39N5O3. The maximum Gasteiger partial charge on any atom is 0.322 e. The number of anilines is 1. The summed E-state index contributed by atoms with van der Waals surface area (Å²) in [7, 11) is 0. The number of rotatable bonds is 5. The Balaban J connectivity index is 1.05. The topological polar surface area (TPSA) is 85.0 Å². The zero-order valence-corrected chi connectivity index (χ0v) is 22.6. The third-order valence-corrected chi connectivity index (χ3v) is 8.93. The number of benzene rings is 2. The van der Waals surface area contributed by atoms with Crippen LogP contribution in [0.3, 0.4) is 0 Å². The van der Waals surface area contributed by atoms with Crippen molar-refractivity contribution in [2.75, 3.05) is 38.0 Å². The summed E-state index contributed by atoms with van der Waals surface area (Å²) in [6.07, 6.45) is 6.19. The number of nitrogens with one attached hydrogen (secondary N) is 2. The van der Waals surface area contributed by atoms with Gasteiger partial charge in [0.05, 0.1) is 0 Å². The van der Waals surface area contributed by atoms with Crippen LogP contribution in [-0.4, -0.2) is 77.5 Å². The number of hydrogen-bond donors (Lipinski definition) is 2. The van der Waals surface area contributed by atoms with E-state index in [1.165, 1.54) is 18.4 Å². The van der Waals surface area contributed by atoms with Crippen LogP contribution in [0.1, 0.15) is 55.6 Å². The van der Waals surface area contributed by atoms with Crippen molar-refractivity contribution < 1.29 is 14.4 Å². The van der Waals surface area contributed by atoms with E-state index >= 15 is 0 Å². The highest BCUT2D eigenvalue weighted by Crippen LogP contribution is 2.33. The van der Waals surface area contributed by atoms with Crippen molar-refractivity contribution in [3.8, 4) is 0 Å². The van der Waals surface area contributed by atoms with Gasteiger partial charge in [-0.15, -0.1) is 0 Å². The van der Waals surface area contributed by atoms with Gasteiger partial charge >= 0.3 is 12.1 Å². The van der Waals surface area contributed by atoms with Crippen LogP contribution in [0.25, 0.3) is 0 Å². The molecule has 0 radical (unpaired) electrons. The second-order valence-corrected chi connectivity index (χ2v) is 11.6. The molecular weight excluding hydrogens is 490 g/mol. The molecule has 2 N–H and O–H groups in total. The van der Waals surface area contributed by atoms with Crippen molar-refractivity contribution in [1.82, 2.24) is 20.0 Å². The van der Waals surface area contributed by atoms with E-state index in [0.29, 0.717) is 32.0 Å². The minimum Gasteiger partial charge on any atom is -0.340 e. The first kappa shape index (κ1) is 25.7. The Hall–Kier alpha value is -3.55. The van der Waals surface area contributed by atoms with Crippen LogP contribution in [0.2, 0.25) is 0 Å². The number of amides is 5. The fourth-order valence-electron chi connectivity index (χ4n) is 6.43. The van der Waals surface area contributed by atoms with Crippen LogP contribution in [0, 0.1) is 5.92 Å². The molecule has 2 saturated heterocycles. The fraction of sp³-hybridized carbons (Fsp3) is 0.516. The lowest BCUT2D eigenvalue weighted by Crippen LogP contribution is -2.55. The second kappa shape index (κ2) is 11.3. The molecule has 206 valence electrons. The molecule has 39 heavy (non-hydrogen) atoms. The molecule has 2 unspecified atom stereocenters. The molecule has 4 aliphatic rings. The molecule has 3 fully saturated rings. The van der Waals surface area contributed by atoms with E-state index < -0.39 is 6.04 Å². The van der Waals surface area contributed by atoms with Crippen LogP contribution >= 0.6 is 0 Å². The average Bonchev–Trinajstić information content (AvgIpc) is 3.81. The van der Waals surface area contributed by atoms with Gasteiger partial charge in [0.2, 0.25) is 5.91 Å². The number of piperidine rings is 1. The molecule has 3 heterocycles. The van der Waals surface area contributed by atoms with Crippen molar-refractivity contribution in [2.24, 2.45) is 5.92 Å². The number of hydrogen-bond acceptors (Lipinski definition) is 3. The van der Waals surface area contributed by atoms with Gasteiger partial charge in [-0.05, 0) is 68.1 Å². The second-order valence-electron chi connectivity index (χ2n) is 11.6. The maximum absolute atomic E-state index is 13.6. The lowest BCUT2D eigenvalue weighted by atomic mass is 9.93. The highest BCUT2D eigenvalue weighted by Gasteiger charge is 2.37. The molecule has 0 aromatic heterocycles. The van der Waals surface area contributed by atoms with Crippen LogP contribution in [0.5, 0.6) is 0 Å². The molecule has 8 heteroatoms. The van der Waals surface area contributed by atoms with Gasteiger partial charge in [-0.3, -0.25) is 4.79 Å². The van der Waals surface area contributed by atoms with Crippen molar-refractivity contribution in [3.05, 3.63) is 65.7 Å². The standard InChI is InChI=1S/C31H39N5O3/c37-29-28(13-12-25(23-6-2-1-3-7-23)21-35(29)20-22-10-11-22)33-30(38)34-17-15-26(16-18-34)36-19-14-24-8-4-5-9-27(24)32-31(36)39/h1-9,22,25-26,28H,10-21H2,(H,32,39)(H,33,38). The number of fused-ring (bicyclic) bond motifs is 1. The highest BCUT2D eigenvalue weighted by atomic mass is 16.2. The van der Waals surface area contributed by atoms with Crippen molar-refractivity contribution >= 4 is 23.7 Å². The molecule has 2 aromatic carbocycles. The molecule has 5 amide bonds. The number of para-hydroxylation sites is 1. The first-order chi connectivity index (χ1) is 19.0. The summed E-state index contributed by atoms with van der Waals surface area (Å²) in [5.41, 5.74) is 3.31. The van der Waals surface area contributed by atoms with Gasteiger partial charge in [0.1, 0.15) is 6.04 Å². The van der Waals surface area contributed by atoms with Crippen molar-refractivity contribution in [2.45, 2.75) is 62.9 Å². The van der Waals surface area contributed by atoms with Gasteiger partial charge in [-0.25, -0.2) is 9.59 Å². The van der Waals surface area contributed by atoms with E-state index in [1.54, 1.807) is 0 Å². The SMILES string of the molecule is O=C(NC1CCC(c2ccccc2)CN(CC2CC2)C1=O)N1CCC(N2CCc3ccccc3NC2=O)CC1. The summed E-state index contributed by atoms with van der Waals surface area (Å²) >= 11 is 0. The summed E-state index contributed by atoms with van der Waals surface area (Å²) in [5, 5.41) is 6.16. The first-order valence-electron chi connectivity index (χ1n) is 14.6. The number of carbonyl (C=O) groups is 3. The molecule has 8 nitrogen and oxygen atoms in total. The zero-order chi connectivity index (χ0) is 26.8. The number of likely N-dealkylation sites (tertiary alicyclic amines) is 2. The number of carbonyl (C=O) groups excluding carboxylic acids is 3. The molecule has 1 aliphatic carbocycles. The Morgan fingerprint density at radius 1 is 0.872 bits per heavy atom. The maximum atomic E-state index is 13.6. The molecule has 0 spiro atoms. The highest BCUT2D eigenvalue weighted by molar-refractivity contribution is 5.91. The van der Waals surface area contributed by atoms with Crippen LogP contribution in [0.4, 0.5) is 15.3 Å². The van der Waals surface area contributed by atoms with E-state index in [2.05, 4.69) is 41.0 Å². The predicted octanol–water partition coefficient (Wildman–Crippen LogP) is 4.44. The molecule has 1 saturated carbocycles. The number of urea groups is 2. The lowest BCUT2D eigenvalue weighted by Gasteiger charge is -2.38. The monoisotopic (exact) mass is 529 g/mol. The fourth-order valence-corrected chi connectivity index (χ4v) is 6.43. The third kappa shape index (κ3) is 5.89. The van der Waals surface area contributed by atoms with Crippen molar-refractivity contribution in [3.63, 3.8) is 0 Å². The molecule has 3 aliphatic heterocycles. The van der Waals surface area contributed by atoms with Gasteiger partial charge in [0.25, 0.3) is 0 Å². The smallest absolute Gasteiger partial charge is 0.322 e. The van der Waals surface area contributed by atoms with Crippen LogP contribution < -0.4 is 10.6 Å². The quantitative estimate of drug-likeness (QED) is 0.601. The van der Waals surface area contributed by atoms with E-state index in [9.17, 15) is 14.4 Å². The largest absolute Gasteiger partial charge is 0.340 e. The molecule has 6 rings (SSSR count). The van der Waals surface area contributed by atoms with Gasteiger partial charge in [-0.1, -0.05) is 48.5 Å². The van der Waals surface area contributed by atoms with Crippen molar-refractivity contribution in [1.29, 1.82) is 0 Å². The Morgan fingerprint density at radius 2 is 1.62 bits per heavy atom. The lowest BCUT2D eigenvalue weighted by molar-refractivity contribution is -0.133. The number of nitrogens with zero attached hydrogens (tertiary/aromatic N) is 3. The normalized spacial score (nSPS) is 24.5. The summed E-state index contributed by atoms with van der Waals surface area (Å²) in [4.78, 5) is 45.6. The average molecular weight is 530 g/mol. The molecule has 2 aromatic rings. The van der Waals surface area contributed by atoms with Crippen LogP contribution in [0.15, 0.2) is 54.6 Å². The van der Waals surface area contributed by atoms with Gasteiger partial charge in [-0.2, -0.15) is 0 Å². The molecule has 0 bridgehead atoms. The Kier molecular flexibility index (Phi) is 7.44.